The predicted octanol–water partition coefficient (Wildman–Crippen LogP) is 2.71. The van der Waals surface area contributed by atoms with Crippen molar-refractivity contribution in [3.05, 3.63) is 36.2 Å². The highest BCUT2D eigenvalue weighted by atomic mass is 16.1. The van der Waals surface area contributed by atoms with Gasteiger partial charge in [-0.2, -0.15) is 0 Å². The Morgan fingerprint density at radius 1 is 1.38 bits per heavy atom. The van der Waals surface area contributed by atoms with Crippen molar-refractivity contribution in [1.29, 1.82) is 0 Å². The Morgan fingerprint density at radius 3 is 2.54 bits per heavy atom. The SMILES string of the molecule is CC.CC(=O)/C=C/c1ccccn1. The lowest BCUT2D eigenvalue weighted by atomic mass is 10.3. The van der Waals surface area contributed by atoms with Crippen LogP contribution >= 0.6 is 0 Å². The van der Waals surface area contributed by atoms with Crippen LogP contribution in [0.25, 0.3) is 6.08 Å². The molecule has 0 aliphatic heterocycles. The molecule has 0 amide bonds. The van der Waals surface area contributed by atoms with Crippen molar-refractivity contribution in [3.63, 3.8) is 0 Å². The number of rotatable bonds is 2. The van der Waals surface area contributed by atoms with Crippen LogP contribution in [0.2, 0.25) is 0 Å². The molecule has 1 aromatic rings. The Morgan fingerprint density at radius 2 is 2.08 bits per heavy atom. The van der Waals surface area contributed by atoms with E-state index in [9.17, 15) is 4.79 Å². The summed E-state index contributed by atoms with van der Waals surface area (Å²) >= 11 is 0. The fourth-order valence-electron chi connectivity index (χ4n) is 0.677. The lowest BCUT2D eigenvalue weighted by Gasteiger charge is -1.87. The van der Waals surface area contributed by atoms with Crippen molar-refractivity contribution < 1.29 is 4.79 Å². The van der Waals surface area contributed by atoms with Crippen molar-refractivity contribution in [1.82, 2.24) is 4.98 Å². The fraction of sp³-hybridized carbons (Fsp3) is 0.273. The van der Waals surface area contributed by atoms with E-state index in [4.69, 9.17) is 0 Å². The Bertz CT molecular complexity index is 265. The molecule has 2 heteroatoms. The first-order valence-corrected chi connectivity index (χ1v) is 4.39. The Kier molecular flexibility index (Phi) is 6.42. The number of carbonyl (C=O) groups is 1. The summed E-state index contributed by atoms with van der Waals surface area (Å²) < 4.78 is 0. The molecule has 0 atom stereocenters. The van der Waals surface area contributed by atoms with E-state index < -0.39 is 0 Å². The molecule has 0 fully saturated rings. The number of hydrogen-bond acceptors (Lipinski definition) is 2. The first-order valence-electron chi connectivity index (χ1n) is 4.39. The summed E-state index contributed by atoms with van der Waals surface area (Å²) in [6, 6.07) is 5.57. The molecule has 0 unspecified atom stereocenters. The highest BCUT2D eigenvalue weighted by Gasteiger charge is 1.85. The van der Waals surface area contributed by atoms with Crippen LogP contribution in [0.1, 0.15) is 26.5 Å². The Balaban J connectivity index is 0.000000671. The third-order valence-corrected chi connectivity index (χ3v) is 1.18. The molecule has 0 aliphatic rings. The van der Waals surface area contributed by atoms with Crippen LogP contribution in [0.5, 0.6) is 0 Å². The third kappa shape index (κ3) is 5.79. The molecule has 1 aromatic heterocycles. The lowest BCUT2D eigenvalue weighted by Crippen LogP contribution is -1.81. The molecule has 1 heterocycles. The number of pyridine rings is 1. The molecule has 0 aromatic carbocycles. The number of aromatic nitrogens is 1. The molecule has 0 radical (unpaired) electrons. The average Bonchev–Trinajstić information content (AvgIpc) is 2.19. The summed E-state index contributed by atoms with van der Waals surface area (Å²) in [6.07, 6.45) is 4.89. The summed E-state index contributed by atoms with van der Waals surface area (Å²) in [5, 5.41) is 0. The quantitative estimate of drug-likeness (QED) is 0.650. The van der Waals surface area contributed by atoms with Crippen molar-refractivity contribution in [2.75, 3.05) is 0 Å². The number of ketones is 1. The second kappa shape index (κ2) is 7.22. The van der Waals surface area contributed by atoms with Gasteiger partial charge in [-0.25, -0.2) is 0 Å². The third-order valence-electron chi connectivity index (χ3n) is 1.18. The van der Waals surface area contributed by atoms with Crippen LogP contribution in [-0.2, 0) is 4.79 Å². The standard InChI is InChI=1S/C9H9NO.C2H6/c1-8(11)5-6-9-4-2-3-7-10-9;1-2/h2-7H,1H3;1-2H3/b6-5+;. The highest BCUT2D eigenvalue weighted by Crippen LogP contribution is 1.95. The zero-order valence-electron chi connectivity index (χ0n) is 8.32. The zero-order chi connectivity index (χ0) is 10.1. The van der Waals surface area contributed by atoms with Crippen LogP contribution in [0.4, 0.5) is 0 Å². The topological polar surface area (TPSA) is 30.0 Å². The van der Waals surface area contributed by atoms with E-state index in [0.29, 0.717) is 0 Å². The Labute approximate surface area is 79.3 Å². The minimum atomic E-state index is 0.0376. The van der Waals surface area contributed by atoms with Gasteiger partial charge in [-0.3, -0.25) is 9.78 Å². The van der Waals surface area contributed by atoms with Crippen LogP contribution in [0.3, 0.4) is 0 Å². The van der Waals surface area contributed by atoms with Crippen LogP contribution in [-0.4, -0.2) is 10.8 Å². The summed E-state index contributed by atoms with van der Waals surface area (Å²) in [5.41, 5.74) is 0.808. The number of carbonyl (C=O) groups excluding carboxylic acids is 1. The molecule has 0 saturated heterocycles. The summed E-state index contributed by atoms with van der Waals surface area (Å²) in [6.45, 7) is 5.51. The van der Waals surface area contributed by atoms with Gasteiger partial charge in [0.1, 0.15) is 0 Å². The van der Waals surface area contributed by atoms with Gasteiger partial charge in [0.05, 0.1) is 5.69 Å². The molecule has 2 nitrogen and oxygen atoms in total. The molecule has 0 bridgehead atoms. The number of hydrogen-bond donors (Lipinski definition) is 0. The van der Waals surface area contributed by atoms with Crippen LogP contribution in [0.15, 0.2) is 30.5 Å². The number of allylic oxidation sites excluding steroid dienone is 1. The van der Waals surface area contributed by atoms with Gasteiger partial charge < -0.3 is 0 Å². The molecule has 0 aliphatic carbocycles. The summed E-state index contributed by atoms with van der Waals surface area (Å²) in [7, 11) is 0. The van der Waals surface area contributed by atoms with Crippen molar-refractivity contribution in [2.45, 2.75) is 20.8 Å². The minimum Gasteiger partial charge on any atom is -0.295 e. The lowest BCUT2D eigenvalue weighted by molar-refractivity contribution is -0.112. The second-order valence-electron chi connectivity index (χ2n) is 2.20. The summed E-state index contributed by atoms with van der Waals surface area (Å²) in [4.78, 5) is 14.5. The van der Waals surface area contributed by atoms with Crippen molar-refractivity contribution in [3.8, 4) is 0 Å². The van der Waals surface area contributed by atoms with Gasteiger partial charge >= 0.3 is 0 Å². The first-order chi connectivity index (χ1) is 6.29. The molecule has 0 N–H and O–H groups in total. The van der Waals surface area contributed by atoms with E-state index in [1.54, 1.807) is 12.3 Å². The van der Waals surface area contributed by atoms with Gasteiger partial charge in [-0.1, -0.05) is 19.9 Å². The molecule has 70 valence electrons. The van der Waals surface area contributed by atoms with E-state index in [-0.39, 0.29) is 5.78 Å². The van der Waals surface area contributed by atoms with Crippen LogP contribution < -0.4 is 0 Å². The van der Waals surface area contributed by atoms with E-state index in [0.717, 1.165) is 5.69 Å². The number of nitrogens with zero attached hydrogens (tertiary/aromatic N) is 1. The van der Waals surface area contributed by atoms with Gasteiger partial charge in [0, 0.05) is 6.20 Å². The van der Waals surface area contributed by atoms with Crippen molar-refractivity contribution >= 4 is 11.9 Å². The monoisotopic (exact) mass is 177 g/mol. The smallest absolute Gasteiger partial charge is 0.152 e. The van der Waals surface area contributed by atoms with Gasteiger partial charge in [0.25, 0.3) is 0 Å². The second-order valence-corrected chi connectivity index (χ2v) is 2.20. The van der Waals surface area contributed by atoms with E-state index in [1.807, 2.05) is 32.0 Å². The van der Waals surface area contributed by atoms with Crippen LogP contribution in [0, 0.1) is 0 Å². The maximum absolute atomic E-state index is 10.5. The van der Waals surface area contributed by atoms with E-state index in [1.165, 1.54) is 13.0 Å². The van der Waals surface area contributed by atoms with Gasteiger partial charge in [0.2, 0.25) is 0 Å². The normalized spacial score (nSPS) is 9.15. The summed E-state index contributed by atoms with van der Waals surface area (Å²) in [5.74, 6) is 0.0376. The highest BCUT2D eigenvalue weighted by molar-refractivity contribution is 5.91. The molecule has 13 heavy (non-hydrogen) atoms. The van der Waals surface area contributed by atoms with Gasteiger partial charge in [0.15, 0.2) is 5.78 Å². The molecular formula is C11H15NO. The zero-order valence-corrected chi connectivity index (χ0v) is 8.32. The van der Waals surface area contributed by atoms with Gasteiger partial charge in [-0.05, 0) is 31.2 Å². The molecule has 1 rings (SSSR count). The fourth-order valence-corrected chi connectivity index (χ4v) is 0.677. The van der Waals surface area contributed by atoms with Crippen molar-refractivity contribution in [2.24, 2.45) is 0 Å². The van der Waals surface area contributed by atoms with Gasteiger partial charge in [-0.15, -0.1) is 0 Å². The molecular weight excluding hydrogens is 162 g/mol. The Hall–Kier alpha value is -1.44. The first kappa shape index (κ1) is 11.6. The predicted molar refractivity (Wildman–Crippen MR) is 55.3 cm³/mol. The maximum Gasteiger partial charge on any atom is 0.152 e. The van der Waals surface area contributed by atoms with E-state index >= 15 is 0 Å². The average molecular weight is 177 g/mol. The molecule has 0 saturated carbocycles. The largest absolute Gasteiger partial charge is 0.295 e. The van der Waals surface area contributed by atoms with E-state index in [2.05, 4.69) is 4.98 Å². The maximum atomic E-state index is 10.5. The minimum absolute atomic E-state index is 0.0376. The molecule has 0 spiro atoms.